The highest BCUT2D eigenvalue weighted by atomic mass is 16.6. The van der Waals surface area contributed by atoms with Crippen LogP contribution < -0.4 is 11.3 Å². The van der Waals surface area contributed by atoms with E-state index in [1.54, 1.807) is 0 Å². The maximum atomic E-state index is 5.08. The zero-order chi connectivity index (χ0) is 5.98. The van der Waals surface area contributed by atoms with Crippen molar-refractivity contribution in [1.82, 2.24) is 5.43 Å². The highest BCUT2D eigenvalue weighted by Gasteiger charge is 2.36. The summed E-state index contributed by atoms with van der Waals surface area (Å²) in [5.41, 5.74) is 2.55. The minimum absolute atomic E-state index is 0.148. The quantitative estimate of drug-likeness (QED) is 0.309. The van der Waals surface area contributed by atoms with Gasteiger partial charge in [-0.05, 0) is 6.42 Å². The van der Waals surface area contributed by atoms with Crippen molar-refractivity contribution in [3.63, 3.8) is 0 Å². The molecule has 0 aromatic heterocycles. The number of nitrogens with one attached hydrogen (secondary N) is 1. The molecule has 0 saturated carbocycles. The molecule has 8 heavy (non-hydrogen) atoms. The molecule has 0 aromatic rings. The molecule has 0 aromatic carbocycles. The molecule has 2 atom stereocenters. The van der Waals surface area contributed by atoms with E-state index in [0.29, 0.717) is 6.10 Å². The van der Waals surface area contributed by atoms with Crippen LogP contribution in [0.15, 0.2) is 0 Å². The van der Waals surface area contributed by atoms with Gasteiger partial charge in [-0.25, -0.2) is 5.43 Å². The average molecular weight is 116 g/mol. The first-order valence-corrected chi connectivity index (χ1v) is 3.00. The predicted octanol–water partition coefficient (Wildman–Crippen LogP) is -0.0253. The molecule has 1 fully saturated rings. The first-order valence-electron chi connectivity index (χ1n) is 3.00. The molecule has 1 aliphatic heterocycles. The van der Waals surface area contributed by atoms with E-state index in [9.17, 15) is 0 Å². The van der Waals surface area contributed by atoms with Crippen LogP contribution >= 0.6 is 0 Å². The fraction of sp³-hybridized carbons (Fsp3) is 1.00. The fourth-order valence-electron chi connectivity index (χ4n) is 0.793. The number of hydrogen-bond donors (Lipinski definition) is 2. The molecule has 2 unspecified atom stereocenters. The van der Waals surface area contributed by atoms with Crippen LogP contribution in [0.1, 0.15) is 19.8 Å². The van der Waals surface area contributed by atoms with Gasteiger partial charge >= 0.3 is 0 Å². The molecule has 1 rings (SSSR count). The largest absolute Gasteiger partial charge is 0.352 e. The third kappa shape index (κ3) is 1.18. The van der Waals surface area contributed by atoms with Gasteiger partial charge in [-0.2, -0.15) is 0 Å². The molecule has 0 aliphatic carbocycles. The number of rotatable bonds is 3. The smallest absolute Gasteiger partial charge is 0.147 e. The number of ether oxygens (including phenoxy) is 1. The Kier molecular flexibility index (Phi) is 1.83. The van der Waals surface area contributed by atoms with Gasteiger partial charge in [0.15, 0.2) is 0 Å². The summed E-state index contributed by atoms with van der Waals surface area (Å²) in [6.07, 6.45) is 2.83. The van der Waals surface area contributed by atoms with Gasteiger partial charge < -0.3 is 4.74 Å². The number of epoxide rings is 1. The van der Waals surface area contributed by atoms with Gasteiger partial charge in [0.2, 0.25) is 0 Å². The van der Waals surface area contributed by atoms with Gasteiger partial charge in [0, 0.05) is 0 Å². The summed E-state index contributed by atoms with van der Waals surface area (Å²) < 4.78 is 5.07. The highest BCUT2D eigenvalue weighted by Crippen LogP contribution is 2.22. The maximum Gasteiger partial charge on any atom is 0.147 e. The maximum absolute atomic E-state index is 5.08. The summed E-state index contributed by atoms with van der Waals surface area (Å²) in [5, 5.41) is 0. The minimum Gasteiger partial charge on any atom is -0.352 e. The minimum atomic E-state index is 0.148. The van der Waals surface area contributed by atoms with Crippen LogP contribution in [0.4, 0.5) is 0 Å². The topological polar surface area (TPSA) is 50.6 Å². The summed E-state index contributed by atoms with van der Waals surface area (Å²) in [6, 6.07) is 0. The second-order valence-corrected chi connectivity index (χ2v) is 2.05. The van der Waals surface area contributed by atoms with Crippen molar-refractivity contribution >= 4 is 0 Å². The van der Waals surface area contributed by atoms with Crippen LogP contribution in [0.5, 0.6) is 0 Å². The van der Waals surface area contributed by atoms with E-state index >= 15 is 0 Å². The molecule has 0 spiro atoms. The highest BCUT2D eigenvalue weighted by molar-refractivity contribution is 4.79. The van der Waals surface area contributed by atoms with Crippen molar-refractivity contribution < 1.29 is 4.74 Å². The van der Waals surface area contributed by atoms with Gasteiger partial charge in [0.05, 0.1) is 0 Å². The monoisotopic (exact) mass is 116 g/mol. The molecule has 0 amide bonds. The molecule has 3 heteroatoms. The second-order valence-electron chi connectivity index (χ2n) is 2.05. The Morgan fingerprint density at radius 2 is 2.50 bits per heavy atom. The summed E-state index contributed by atoms with van der Waals surface area (Å²) in [4.78, 5) is 0. The first-order chi connectivity index (χ1) is 3.88. The summed E-state index contributed by atoms with van der Waals surface area (Å²) in [5.74, 6) is 5.08. The lowest BCUT2D eigenvalue weighted by Crippen LogP contribution is -2.26. The lowest BCUT2D eigenvalue weighted by molar-refractivity contribution is 0.341. The van der Waals surface area contributed by atoms with Crippen LogP contribution in [0, 0.1) is 0 Å². The predicted molar refractivity (Wildman–Crippen MR) is 30.9 cm³/mol. The third-order valence-electron chi connectivity index (χ3n) is 1.32. The summed E-state index contributed by atoms with van der Waals surface area (Å²) >= 11 is 0. The molecule has 48 valence electrons. The first kappa shape index (κ1) is 6.01. The molecular weight excluding hydrogens is 104 g/mol. The van der Waals surface area contributed by atoms with Crippen LogP contribution in [-0.4, -0.2) is 12.3 Å². The molecular formula is C5H12N2O. The van der Waals surface area contributed by atoms with Crippen LogP contribution in [0.25, 0.3) is 0 Å². The van der Waals surface area contributed by atoms with Gasteiger partial charge in [0.1, 0.15) is 12.3 Å². The van der Waals surface area contributed by atoms with E-state index in [4.69, 9.17) is 10.6 Å². The van der Waals surface area contributed by atoms with Crippen molar-refractivity contribution in [2.24, 2.45) is 5.84 Å². The van der Waals surface area contributed by atoms with Gasteiger partial charge in [0.25, 0.3) is 0 Å². The Hall–Kier alpha value is -0.120. The summed E-state index contributed by atoms with van der Waals surface area (Å²) in [6.45, 7) is 2.13. The third-order valence-corrected chi connectivity index (χ3v) is 1.32. The Labute approximate surface area is 49.2 Å². The lowest BCUT2D eigenvalue weighted by Gasteiger charge is -1.86. The zero-order valence-corrected chi connectivity index (χ0v) is 5.05. The van der Waals surface area contributed by atoms with Crippen LogP contribution in [0.3, 0.4) is 0 Å². The molecule has 1 aliphatic rings. The number of hydrogen-bond acceptors (Lipinski definition) is 3. The average Bonchev–Trinajstić information content (AvgIpc) is 2.48. The van der Waals surface area contributed by atoms with Crippen LogP contribution in [0.2, 0.25) is 0 Å². The van der Waals surface area contributed by atoms with Gasteiger partial charge in [-0.15, -0.1) is 0 Å². The second kappa shape index (κ2) is 2.44. The number of nitrogens with two attached hydrogens (primary N) is 1. The van der Waals surface area contributed by atoms with Crippen molar-refractivity contribution in [1.29, 1.82) is 0 Å². The molecule has 3 nitrogen and oxygen atoms in total. The summed E-state index contributed by atoms with van der Waals surface area (Å²) in [7, 11) is 0. The van der Waals surface area contributed by atoms with E-state index in [0.717, 1.165) is 6.42 Å². The molecule has 0 bridgehead atoms. The molecule has 0 radical (unpaired) electrons. The Balaban J connectivity index is 1.99. The van der Waals surface area contributed by atoms with E-state index in [-0.39, 0.29) is 6.23 Å². The zero-order valence-electron chi connectivity index (χ0n) is 5.05. The van der Waals surface area contributed by atoms with Gasteiger partial charge in [-0.1, -0.05) is 13.3 Å². The van der Waals surface area contributed by atoms with Crippen molar-refractivity contribution in [3.05, 3.63) is 0 Å². The Morgan fingerprint density at radius 3 is 2.88 bits per heavy atom. The van der Waals surface area contributed by atoms with E-state index < -0.39 is 0 Å². The van der Waals surface area contributed by atoms with E-state index in [1.807, 2.05) is 0 Å². The van der Waals surface area contributed by atoms with Crippen LogP contribution in [-0.2, 0) is 4.74 Å². The Morgan fingerprint density at radius 1 is 1.75 bits per heavy atom. The van der Waals surface area contributed by atoms with E-state index in [1.165, 1.54) is 6.42 Å². The number of hydrazine groups is 1. The Bertz CT molecular complexity index is 76.8. The molecule has 1 saturated heterocycles. The van der Waals surface area contributed by atoms with E-state index in [2.05, 4.69) is 12.3 Å². The standard InChI is InChI=1S/C5H12N2O/c1-2-3-4-5(7-6)8-4/h4-5,7H,2-3,6H2,1H3. The van der Waals surface area contributed by atoms with Crippen molar-refractivity contribution in [2.75, 3.05) is 0 Å². The molecule has 1 heterocycles. The normalized spacial score (nSPS) is 35.2. The van der Waals surface area contributed by atoms with Crippen molar-refractivity contribution in [3.8, 4) is 0 Å². The van der Waals surface area contributed by atoms with Gasteiger partial charge in [-0.3, -0.25) is 5.84 Å². The fourth-order valence-corrected chi connectivity index (χ4v) is 0.793. The van der Waals surface area contributed by atoms with Crippen molar-refractivity contribution in [2.45, 2.75) is 32.1 Å². The SMILES string of the molecule is CCCC1OC1NN. The lowest BCUT2D eigenvalue weighted by atomic mass is 10.2. The molecule has 3 N–H and O–H groups in total.